The predicted octanol–water partition coefficient (Wildman–Crippen LogP) is 0.235. The molecular formula is C12H16N2O2. The molecular weight excluding hydrogens is 204 g/mol. The number of nitrogens with zero attached hydrogens (tertiary/aromatic N) is 2. The molecule has 0 atom stereocenters. The maximum absolute atomic E-state index is 11.3. The molecule has 2 heterocycles. The number of imide groups is 1. The van der Waals surface area contributed by atoms with Crippen LogP contribution in [-0.2, 0) is 9.59 Å². The summed E-state index contributed by atoms with van der Waals surface area (Å²) in [6.07, 6.45) is 3.22. The van der Waals surface area contributed by atoms with E-state index in [1.54, 1.807) is 0 Å². The van der Waals surface area contributed by atoms with E-state index in [-0.39, 0.29) is 18.4 Å². The lowest BCUT2D eigenvalue weighted by atomic mass is 10.4. The predicted molar refractivity (Wildman–Crippen MR) is 59.4 cm³/mol. The molecule has 16 heavy (non-hydrogen) atoms. The van der Waals surface area contributed by atoms with Crippen LogP contribution in [0.3, 0.4) is 0 Å². The summed E-state index contributed by atoms with van der Waals surface area (Å²) in [5.41, 5.74) is 0. The molecule has 0 aromatic heterocycles. The first kappa shape index (κ1) is 11.2. The third-order valence-electron chi connectivity index (χ3n) is 3.02. The molecule has 86 valence electrons. The molecule has 4 heteroatoms. The monoisotopic (exact) mass is 220 g/mol. The molecule has 0 bridgehead atoms. The molecule has 0 spiro atoms. The standard InChI is InChI=1S/C12H16N2O2/c15-11-5-6-12(16)14(11)10-4-3-9-13-7-1-2-8-13/h1-2,5-10H2. The molecule has 0 saturated carbocycles. The molecule has 0 aliphatic carbocycles. The van der Waals surface area contributed by atoms with Gasteiger partial charge in [0.15, 0.2) is 0 Å². The second kappa shape index (κ2) is 5.13. The van der Waals surface area contributed by atoms with Gasteiger partial charge in [-0.3, -0.25) is 19.4 Å². The van der Waals surface area contributed by atoms with Crippen LogP contribution in [0, 0.1) is 11.8 Å². The molecule has 0 aromatic carbocycles. The quantitative estimate of drug-likeness (QED) is 0.494. The minimum Gasteiger partial charge on any atom is -0.292 e. The largest absolute Gasteiger partial charge is 0.292 e. The van der Waals surface area contributed by atoms with Gasteiger partial charge < -0.3 is 0 Å². The van der Waals surface area contributed by atoms with Crippen molar-refractivity contribution in [3.8, 4) is 11.8 Å². The van der Waals surface area contributed by atoms with Crippen LogP contribution in [0.2, 0.25) is 0 Å². The van der Waals surface area contributed by atoms with Crippen molar-refractivity contribution >= 4 is 11.8 Å². The zero-order valence-electron chi connectivity index (χ0n) is 9.37. The second-order valence-electron chi connectivity index (χ2n) is 4.21. The van der Waals surface area contributed by atoms with Crippen molar-refractivity contribution in [2.24, 2.45) is 0 Å². The fourth-order valence-corrected chi connectivity index (χ4v) is 2.04. The van der Waals surface area contributed by atoms with Crippen molar-refractivity contribution in [1.29, 1.82) is 0 Å². The van der Waals surface area contributed by atoms with Gasteiger partial charge in [-0.2, -0.15) is 0 Å². The molecule has 2 rings (SSSR count). The van der Waals surface area contributed by atoms with Gasteiger partial charge in [0.1, 0.15) is 0 Å². The molecule has 4 nitrogen and oxygen atoms in total. The summed E-state index contributed by atoms with van der Waals surface area (Å²) in [4.78, 5) is 26.1. The topological polar surface area (TPSA) is 40.6 Å². The highest BCUT2D eigenvalue weighted by Gasteiger charge is 2.27. The lowest BCUT2D eigenvalue weighted by molar-refractivity contribution is -0.137. The number of amides is 2. The lowest BCUT2D eigenvalue weighted by Crippen LogP contribution is -2.29. The smallest absolute Gasteiger partial charge is 0.230 e. The molecule has 2 amide bonds. The zero-order chi connectivity index (χ0) is 11.4. The number of carbonyl (C=O) groups excluding carboxylic acids is 2. The number of rotatable bonds is 2. The maximum atomic E-state index is 11.3. The maximum Gasteiger partial charge on any atom is 0.230 e. The molecule has 0 N–H and O–H groups in total. The third-order valence-corrected chi connectivity index (χ3v) is 3.02. The van der Waals surface area contributed by atoms with Crippen molar-refractivity contribution < 1.29 is 9.59 Å². The van der Waals surface area contributed by atoms with E-state index in [9.17, 15) is 9.59 Å². The molecule has 0 unspecified atom stereocenters. The fraction of sp³-hybridized carbons (Fsp3) is 0.667. The molecule has 0 aromatic rings. The summed E-state index contributed by atoms with van der Waals surface area (Å²) in [5, 5.41) is 0. The van der Waals surface area contributed by atoms with Crippen LogP contribution in [0.1, 0.15) is 25.7 Å². The highest BCUT2D eigenvalue weighted by atomic mass is 16.2. The van der Waals surface area contributed by atoms with E-state index in [1.807, 2.05) is 0 Å². The first-order valence-corrected chi connectivity index (χ1v) is 5.78. The fourth-order valence-electron chi connectivity index (χ4n) is 2.04. The van der Waals surface area contributed by atoms with Crippen LogP contribution >= 0.6 is 0 Å². The van der Waals surface area contributed by atoms with Crippen molar-refractivity contribution in [1.82, 2.24) is 9.80 Å². The Bertz CT molecular complexity index is 332. The average Bonchev–Trinajstić information content (AvgIpc) is 2.87. The minimum atomic E-state index is -0.0829. The van der Waals surface area contributed by atoms with Crippen LogP contribution in [0.5, 0.6) is 0 Å². The van der Waals surface area contributed by atoms with Crippen LogP contribution in [-0.4, -0.2) is 47.8 Å². The van der Waals surface area contributed by atoms with Gasteiger partial charge in [0.25, 0.3) is 0 Å². The zero-order valence-corrected chi connectivity index (χ0v) is 9.37. The number of hydrogen-bond donors (Lipinski definition) is 0. The highest BCUT2D eigenvalue weighted by molar-refractivity contribution is 6.02. The molecule has 2 fully saturated rings. The Morgan fingerprint density at radius 3 is 2.12 bits per heavy atom. The summed E-state index contributed by atoms with van der Waals surface area (Å²) in [6.45, 7) is 3.27. The van der Waals surface area contributed by atoms with E-state index < -0.39 is 0 Å². The number of likely N-dealkylation sites (tertiary alicyclic amines) is 2. The van der Waals surface area contributed by atoms with Crippen LogP contribution in [0.15, 0.2) is 0 Å². The van der Waals surface area contributed by atoms with Crippen LogP contribution in [0.25, 0.3) is 0 Å². The Kier molecular flexibility index (Phi) is 3.58. The Morgan fingerprint density at radius 2 is 1.50 bits per heavy atom. The van der Waals surface area contributed by atoms with Crippen LogP contribution < -0.4 is 0 Å². The summed E-state index contributed by atoms with van der Waals surface area (Å²) >= 11 is 0. The highest BCUT2D eigenvalue weighted by Crippen LogP contribution is 2.10. The molecule has 2 aliphatic heterocycles. The van der Waals surface area contributed by atoms with Crippen molar-refractivity contribution in [2.75, 3.05) is 26.2 Å². The van der Waals surface area contributed by atoms with E-state index in [1.165, 1.54) is 17.7 Å². The van der Waals surface area contributed by atoms with E-state index in [0.29, 0.717) is 12.8 Å². The van der Waals surface area contributed by atoms with E-state index in [0.717, 1.165) is 19.6 Å². The first-order valence-electron chi connectivity index (χ1n) is 5.78. The van der Waals surface area contributed by atoms with Crippen LogP contribution in [0.4, 0.5) is 0 Å². The molecule has 2 saturated heterocycles. The van der Waals surface area contributed by atoms with E-state index >= 15 is 0 Å². The molecule has 2 aliphatic rings. The summed E-state index contributed by atoms with van der Waals surface area (Å²) in [6, 6.07) is 0. The minimum absolute atomic E-state index is 0.0829. The van der Waals surface area contributed by atoms with Gasteiger partial charge in [0.2, 0.25) is 11.8 Å². The van der Waals surface area contributed by atoms with Gasteiger partial charge in [-0.25, -0.2) is 0 Å². The first-order chi connectivity index (χ1) is 7.77. The Balaban J connectivity index is 1.75. The Hall–Kier alpha value is -1.34. The number of hydrogen-bond acceptors (Lipinski definition) is 3. The van der Waals surface area contributed by atoms with Crippen molar-refractivity contribution in [2.45, 2.75) is 25.7 Å². The molecule has 0 radical (unpaired) electrons. The summed E-state index contributed by atoms with van der Waals surface area (Å²) in [7, 11) is 0. The third kappa shape index (κ3) is 2.61. The van der Waals surface area contributed by atoms with Gasteiger partial charge in [-0.15, -0.1) is 0 Å². The summed E-state index contributed by atoms with van der Waals surface area (Å²) in [5.74, 6) is 5.77. The number of carbonyl (C=O) groups is 2. The Morgan fingerprint density at radius 1 is 0.938 bits per heavy atom. The lowest BCUT2D eigenvalue weighted by Gasteiger charge is -2.10. The van der Waals surface area contributed by atoms with Crippen molar-refractivity contribution in [3.05, 3.63) is 0 Å². The normalized spacial score (nSPS) is 21.4. The van der Waals surface area contributed by atoms with Gasteiger partial charge in [-0.05, 0) is 25.9 Å². The second-order valence-corrected chi connectivity index (χ2v) is 4.21. The van der Waals surface area contributed by atoms with Gasteiger partial charge in [0.05, 0.1) is 13.1 Å². The Labute approximate surface area is 95.6 Å². The van der Waals surface area contributed by atoms with Crippen molar-refractivity contribution in [3.63, 3.8) is 0 Å². The average molecular weight is 220 g/mol. The van der Waals surface area contributed by atoms with E-state index in [4.69, 9.17) is 0 Å². The SMILES string of the molecule is O=C1CCC(=O)N1CC#CCN1CCCC1. The van der Waals surface area contributed by atoms with Gasteiger partial charge in [0, 0.05) is 12.8 Å². The van der Waals surface area contributed by atoms with E-state index in [2.05, 4.69) is 16.7 Å². The van der Waals surface area contributed by atoms with Gasteiger partial charge >= 0.3 is 0 Å². The summed E-state index contributed by atoms with van der Waals surface area (Å²) < 4.78 is 0. The van der Waals surface area contributed by atoms with Gasteiger partial charge in [-0.1, -0.05) is 11.8 Å².